The Bertz CT molecular complexity index is 1140. The lowest BCUT2D eigenvalue weighted by Gasteiger charge is -2.17. The molecule has 166 valence electrons. The van der Waals surface area contributed by atoms with E-state index in [-0.39, 0.29) is 25.0 Å². The van der Waals surface area contributed by atoms with Crippen LogP contribution in [-0.2, 0) is 27.4 Å². The summed E-state index contributed by atoms with van der Waals surface area (Å²) in [6.45, 7) is -0.470. The maximum atomic E-state index is 12.0. The van der Waals surface area contributed by atoms with Gasteiger partial charge in [0, 0.05) is 18.2 Å². The molecule has 10 heteroatoms. The monoisotopic (exact) mass is 439 g/mol. The Balaban J connectivity index is 1.31. The van der Waals surface area contributed by atoms with Crippen LogP contribution in [0.1, 0.15) is 17.9 Å². The summed E-state index contributed by atoms with van der Waals surface area (Å²) in [5.74, 6) is 1.51. The number of methoxy groups -OCH3 is 2. The molecule has 0 bridgehead atoms. The molecule has 1 amide bonds. The summed E-state index contributed by atoms with van der Waals surface area (Å²) in [6, 6.07) is 10.4. The highest BCUT2D eigenvalue weighted by Crippen LogP contribution is 2.31. The molecule has 0 saturated heterocycles. The molecule has 0 fully saturated rings. The number of esters is 1. The van der Waals surface area contributed by atoms with Gasteiger partial charge in [0.05, 0.1) is 19.8 Å². The molecule has 2 heterocycles. The number of nitrogens with one attached hydrogen (secondary N) is 1. The summed E-state index contributed by atoms with van der Waals surface area (Å²) in [5.41, 5.74) is 2.33. The van der Waals surface area contributed by atoms with Crippen molar-refractivity contribution in [2.45, 2.75) is 19.4 Å². The summed E-state index contributed by atoms with van der Waals surface area (Å²) in [4.78, 5) is 27.7. The normalized spacial score (nSPS) is 12.5. The number of ether oxygens (including phenoxy) is 4. The van der Waals surface area contributed by atoms with Gasteiger partial charge in [0.15, 0.2) is 13.2 Å². The molecule has 0 atom stereocenters. The Morgan fingerprint density at radius 1 is 1.09 bits per heavy atom. The van der Waals surface area contributed by atoms with Crippen LogP contribution in [-0.4, -0.2) is 42.8 Å². The highest BCUT2D eigenvalue weighted by molar-refractivity contribution is 5.94. The van der Waals surface area contributed by atoms with E-state index in [1.807, 2.05) is 0 Å². The van der Waals surface area contributed by atoms with E-state index in [0.29, 0.717) is 41.5 Å². The van der Waals surface area contributed by atoms with Crippen LogP contribution in [0.5, 0.6) is 17.2 Å². The molecule has 1 N–H and O–H groups in total. The first-order chi connectivity index (χ1) is 15.6. The third-order valence-electron chi connectivity index (χ3n) is 4.80. The lowest BCUT2D eigenvalue weighted by atomic mass is 10.0. The number of carbonyl (C=O) groups is 2. The Hall–Kier alpha value is -4.08. The van der Waals surface area contributed by atoms with E-state index >= 15 is 0 Å². The maximum Gasteiger partial charge on any atom is 0.344 e. The highest BCUT2D eigenvalue weighted by Gasteiger charge is 2.17. The number of hydrogen-bond acceptors (Lipinski definition) is 9. The number of amides is 1. The molecule has 0 spiro atoms. The van der Waals surface area contributed by atoms with E-state index in [2.05, 4.69) is 15.5 Å². The van der Waals surface area contributed by atoms with Gasteiger partial charge in [-0.25, -0.2) is 4.79 Å². The summed E-state index contributed by atoms with van der Waals surface area (Å²) in [7, 11) is 3.09. The molecule has 2 aromatic carbocycles. The van der Waals surface area contributed by atoms with Crippen molar-refractivity contribution >= 4 is 17.6 Å². The molecule has 0 radical (unpaired) electrons. The van der Waals surface area contributed by atoms with Gasteiger partial charge in [0.2, 0.25) is 11.7 Å². The SMILES string of the molecule is COc1ccc(-c2noc(COC(=O)COc3ccc4c(c3)CCC(=O)N4)n2)c(OC)c1. The van der Waals surface area contributed by atoms with Gasteiger partial charge in [-0.2, -0.15) is 4.98 Å². The first-order valence-corrected chi connectivity index (χ1v) is 9.82. The fraction of sp³-hybridized carbons (Fsp3) is 0.273. The third-order valence-corrected chi connectivity index (χ3v) is 4.80. The van der Waals surface area contributed by atoms with Crippen LogP contribution in [0.3, 0.4) is 0 Å². The zero-order valence-electron chi connectivity index (χ0n) is 17.5. The molecule has 4 rings (SSSR count). The second kappa shape index (κ2) is 9.38. The first kappa shape index (κ1) is 21.2. The quantitative estimate of drug-likeness (QED) is 0.528. The molecule has 1 aliphatic rings. The molecule has 1 aromatic heterocycles. The van der Waals surface area contributed by atoms with E-state index in [9.17, 15) is 9.59 Å². The largest absolute Gasteiger partial charge is 0.497 e. The van der Waals surface area contributed by atoms with Gasteiger partial charge in [-0.05, 0) is 42.3 Å². The van der Waals surface area contributed by atoms with Crippen molar-refractivity contribution in [1.29, 1.82) is 0 Å². The predicted octanol–water partition coefficient (Wildman–Crippen LogP) is 2.76. The van der Waals surface area contributed by atoms with Crippen molar-refractivity contribution in [2.24, 2.45) is 0 Å². The van der Waals surface area contributed by atoms with Crippen LogP contribution < -0.4 is 19.5 Å². The van der Waals surface area contributed by atoms with Gasteiger partial charge < -0.3 is 28.8 Å². The standard InChI is InChI=1S/C22H21N3O7/c1-28-14-4-6-16(18(10-14)29-2)22-24-20(32-25-22)11-31-21(27)12-30-15-5-7-17-13(9-15)3-8-19(26)23-17/h4-7,9-10H,3,8,11-12H2,1-2H3,(H,23,26). The van der Waals surface area contributed by atoms with Crippen molar-refractivity contribution in [1.82, 2.24) is 10.1 Å². The van der Waals surface area contributed by atoms with E-state index < -0.39 is 5.97 Å². The number of anilines is 1. The lowest BCUT2D eigenvalue weighted by molar-refractivity contribution is -0.148. The fourth-order valence-corrected chi connectivity index (χ4v) is 3.18. The number of hydrogen-bond donors (Lipinski definition) is 1. The van der Waals surface area contributed by atoms with Crippen molar-refractivity contribution in [3.63, 3.8) is 0 Å². The van der Waals surface area contributed by atoms with E-state index in [0.717, 1.165) is 11.3 Å². The zero-order valence-corrected chi connectivity index (χ0v) is 17.5. The minimum atomic E-state index is -0.585. The van der Waals surface area contributed by atoms with Crippen LogP contribution >= 0.6 is 0 Å². The average Bonchev–Trinajstić information content (AvgIpc) is 3.29. The van der Waals surface area contributed by atoms with Gasteiger partial charge in [-0.1, -0.05) is 5.16 Å². The van der Waals surface area contributed by atoms with Crippen molar-refractivity contribution in [3.05, 3.63) is 47.9 Å². The van der Waals surface area contributed by atoms with Gasteiger partial charge in [-0.3, -0.25) is 4.79 Å². The van der Waals surface area contributed by atoms with Gasteiger partial charge in [-0.15, -0.1) is 0 Å². The van der Waals surface area contributed by atoms with Crippen LogP contribution in [0.25, 0.3) is 11.4 Å². The van der Waals surface area contributed by atoms with Crippen LogP contribution in [0, 0.1) is 0 Å². The summed E-state index contributed by atoms with van der Waals surface area (Å²) in [6.07, 6.45) is 1.05. The summed E-state index contributed by atoms with van der Waals surface area (Å²) >= 11 is 0. The Morgan fingerprint density at radius 3 is 2.75 bits per heavy atom. The number of aryl methyl sites for hydroxylation is 1. The minimum absolute atomic E-state index is 0.00985. The third kappa shape index (κ3) is 4.80. The Labute approximate surface area is 183 Å². The average molecular weight is 439 g/mol. The molecule has 10 nitrogen and oxygen atoms in total. The minimum Gasteiger partial charge on any atom is -0.497 e. The smallest absolute Gasteiger partial charge is 0.344 e. The second-order valence-corrected chi connectivity index (χ2v) is 6.89. The molecule has 0 aliphatic carbocycles. The number of carbonyl (C=O) groups excluding carboxylic acids is 2. The number of fused-ring (bicyclic) bond motifs is 1. The van der Waals surface area contributed by atoms with Crippen LogP contribution in [0.2, 0.25) is 0 Å². The van der Waals surface area contributed by atoms with Gasteiger partial charge >= 0.3 is 5.97 Å². The van der Waals surface area contributed by atoms with Crippen molar-refractivity contribution < 1.29 is 33.1 Å². The zero-order chi connectivity index (χ0) is 22.5. The molecule has 1 aliphatic heterocycles. The lowest BCUT2D eigenvalue weighted by Crippen LogP contribution is -2.19. The van der Waals surface area contributed by atoms with Crippen LogP contribution in [0.15, 0.2) is 40.9 Å². The topological polar surface area (TPSA) is 122 Å². The highest BCUT2D eigenvalue weighted by atomic mass is 16.6. The van der Waals surface area contributed by atoms with E-state index in [1.54, 1.807) is 43.5 Å². The maximum absolute atomic E-state index is 12.0. The predicted molar refractivity (Wildman–Crippen MR) is 112 cm³/mol. The Kier molecular flexibility index (Phi) is 6.20. The van der Waals surface area contributed by atoms with E-state index in [4.69, 9.17) is 23.5 Å². The van der Waals surface area contributed by atoms with Crippen molar-refractivity contribution in [3.8, 4) is 28.6 Å². The summed E-state index contributed by atoms with van der Waals surface area (Å²) < 4.78 is 26.3. The fourth-order valence-electron chi connectivity index (χ4n) is 3.18. The van der Waals surface area contributed by atoms with Gasteiger partial charge in [0.25, 0.3) is 5.89 Å². The molecule has 0 unspecified atom stereocenters. The molecule has 0 saturated carbocycles. The van der Waals surface area contributed by atoms with Crippen LogP contribution in [0.4, 0.5) is 5.69 Å². The molecule has 3 aromatic rings. The van der Waals surface area contributed by atoms with Gasteiger partial charge in [0.1, 0.15) is 17.2 Å². The first-order valence-electron chi connectivity index (χ1n) is 9.82. The Morgan fingerprint density at radius 2 is 1.94 bits per heavy atom. The number of benzene rings is 2. The number of aromatic nitrogens is 2. The number of rotatable bonds is 8. The molecule has 32 heavy (non-hydrogen) atoms. The molecular weight excluding hydrogens is 418 g/mol. The van der Waals surface area contributed by atoms with E-state index in [1.165, 1.54) is 7.11 Å². The van der Waals surface area contributed by atoms with Crippen molar-refractivity contribution in [2.75, 3.05) is 26.1 Å². The molecular formula is C22H21N3O7. The second-order valence-electron chi connectivity index (χ2n) is 6.89. The summed E-state index contributed by atoms with van der Waals surface area (Å²) in [5, 5.41) is 6.70. The number of nitrogens with zero attached hydrogens (tertiary/aromatic N) is 2.